The fraction of sp³-hybridized carbons (Fsp3) is 0.538. The monoisotopic (exact) mass is 332 g/mol. The Kier molecular flexibility index (Phi) is 4.33. The van der Waals surface area contributed by atoms with Gasteiger partial charge < -0.3 is 4.74 Å². The maximum Gasteiger partial charge on any atom is 0.178 e. The molecule has 1 aliphatic rings. The molecule has 18 heavy (non-hydrogen) atoms. The highest BCUT2D eigenvalue weighted by atomic mass is 79.9. The van der Waals surface area contributed by atoms with Crippen molar-refractivity contribution >= 4 is 25.8 Å². The van der Waals surface area contributed by atoms with Crippen LogP contribution in [0.1, 0.15) is 25.7 Å². The van der Waals surface area contributed by atoms with Gasteiger partial charge in [0, 0.05) is 0 Å². The van der Waals surface area contributed by atoms with E-state index in [1.807, 2.05) is 0 Å². The third kappa shape index (κ3) is 3.06. The number of methoxy groups -OCH3 is 1. The molecule has 1 saturated carbocycles. The van der Waals surface area contributed by atoms with Gasteiger partial charge in [-0.15, -0.1) is 0 Å². The lowest BCUT2D eigenvalue weighted by Crippen LogP contribution is -2.14. The van der Waals surface area contributed by atoms with E-state index in [1.54, 1.807) is 25.3 Å². The van der Waals surface area contributed by atoms with Gasteiger partial charge in [-0.25, -0.2) is 8.42 Å². The van der Waals surface area contributed by atoms with Gasteiger partial charge in [-0.3, -0.25) is 0 Å². The van der Waals surface area contributed by atoms with Crippen LogP contribution < -0.4 is 4.74 Å². The first-order valence-corrected chi connectivity index (χ1v) is 8.54. The summed E-state index contributed by atoms with van der Waals surface area (Å²) < 4.78 is 30.3. The third-order valence-corrected chi connectivity index (χ3v) is 5.91. The van der Waals surface area contributed by atoms with E-state index in [0.29, 0.717) is 21.0 Å². The second-order valence-electron chi connectivity index (χ2n) is 4.73. The van der Waals surface area contributed by atoms with Crippen molar-refractivity contribution in [1.29, 1.82) is 0 Å². The normalized spacial score (nSPS) is 17.0. The Morgan fingerprint density at radius 2 is 2.00 bits per heavy atom. The van der Waals surface area contributed by atoms with Crippen LogP contribution in [0, 0.1) is 5.92 Å². The topological polar surface area (TPSA) is 43.4 Å². The van der Waals surface area contributed by atoms with Crippen molar-refractivity contribution in [1.82, 2.24) is 0 Å². The zero-order chi connectivity index (χ0) is 13.2. The lowest BCUT2D eigenvalue weighted by atomic mass is 10.1. The van der Waals surface area contributed by atoms with E-state index in [-0.39, 0.29) is 5.75 Å². The lowest BCUT2D eigenvalue weighted by molar-refractivity contribution is 0.411. The van der Waals surface area contributed by atoms with E-state index >= 15 is 0 Å². The number of sulfone groups is 1. The highest BCUT2D eigenvalue weighted by molar-refractivity contribution is 9.10. The molecule has 0 aromatic heterocycles. The summed E-state index contributed by atoms with van der Waals surface area (Å²) in [5, 5.41) is 0. The molecule has 0 unspecified atom stereocenters. The van der Waals surface area contributed by atoms with Crippen LogP contribution in [0.4, 0.5) is 0 Å². The maximum atomic E-state index is 12.3. The Bertz CT molecular complexity index is 519. The number of benzene rings is 1. The summed E-state index contributed by atoms with van der Waals surface area (Å²) in [6.07, 6.45) is 4.39. The largest absolute Gasteiger partial charge is 0.496 e. The zero-order valence-corrected chi connectivity index (χ0v) is 12.8. The molecule has 0 atom stereocenters. The summed E-state index contributed by atoms with van der Waals surface area (Å²) in [5.74, 6) is 1.25. The van der Waals surface area contributed by atoms with Crippen molar-refractivity contribution in [3.05, 3.63) is 22.7 Å². The summed E-state index contributed by atoms with van der Waals surface area (Å²) in [5.41, 5.74) is 0. The number of halogens is 1. The van der Waals surface area contributed by atoms with Crippen LogP contribution in [0.2, 0.25) is 0 Å². The summed E-state index contributed by atoms with van der Waals surface area (Å²) in [6, 6.07) is 4.93. The smallest absolute Gasteiger partial charge is 0.178 e. The van der Waals surface area contributed by atoms with Gasteiger partial charge in [-0.05, 0) is 52.9 Å². The molecule has 2 rings (SSSR count). The number of hydrogen-bond acceptors (Lipinski definition) is 3. The minimum Gasteiger partial charge on any atom is -0.496 e. The van der Waals surface area contributed by atoms with E-state index in [0.717, 1.165) is 25.7 Å². The molecule has 1 aliphatic carbocycles. The molecule has 0 bridgehead atoms. The lowest BCUT2D eigenvalue weighted by Gasteiger charge is -2.11. The highest BCUT2D eigenvalue weighted by Crippen LogP contribution is 2.31. The van der Waals surface area contributed by atoms with Gasteiger partial charge in [0.25, 0.3) is 0 Å². The van der Waals surface area contributed by atoms with Crippen molar-refractivity contribution in [2.75, 3.05) is 12.9 Å². The summed E-state index contributed by atoms with van der Waals surface area (Å²) in [6.45, 7) is 0. The van der Waals surface area contributed by atoms with Crippen LogP contribution in [0.3, 0.4) is 0 Å². The Hall–Kier alpha value is -0.550. The summed E-state index contributed by atoms with van der Waals surface area (Å²) in [4.78, 5) is 0.377. The fourth-order valence-electron chi connectivity index (χ4n) is 2.42. The molecule has 1 aromatic rings. The molecule has 1 fully saturated rings. The molecule has 0 spiro atoms. The standard InChI is InChI=1S/C13H17BrO3S/c1-17-13-7-6-11(8-12(13)14)18(15,16)9-10-4-2-3-5-10/h6-8,10H,2-5,9H2,1H3. The first-order valence-electron chi connectivity index (χ1n) is 6.09. The van der Waals surface area contributed by atoms with Crippen LogP contribution in [-0.2, 0) is 9.84 Å². The van der Waals surface area contributed by atoms with Gasteiger partial charge in [0.1, 0.15) is 5.75 Å². The molecule has 0 radical (unpaired) electrons. The first kappa shape index (κ1) is 13.9. The maximum absolute atomic E-state index is 12.3. The third-order valence-electron chi connectivity index (χ3n) is 3.41. The minimum atomic E-state index is -3.18. The van der Waals surface area contributed by atoms with Gasteiger partial charge in [0.2, 0.25) is 0 Å². The van der Waals surface area contributed by atoms with Crippen molar-refractivity contribution < 1.29 is 13.2 Å². The predicted molar refractivity (Wildman–Crippen MR) is 74.7 cm³/mol. The quantitative estimate of drug-likeness (QED) is 0.848. The number of hydrogen-bond donors (Lipinski definition) is 0. The number of rotatable bonds is 4. The second-order valence-corrected chi connectivity index (χ2v) is 7.62. The van der Waals surface area contributed by atoms with Gasteiger partial charge in [0.15, 0.2) is 9.84 Å². The molecule has 0 aliphatic heterocycles. The van der Waals surface area contributed by atoms with Crippen molar-refractivity contribution in [3.63, 3.8) is 0 Å². The van der Waals surface area contributed by atoms with Crippen LogP contribution in [0.15, 0.2) is 27.6 Å². The number of ether oxygens (including phenoxy) is 1. The van der Waals surface area contributed by atoms with E-state index in [2.05, 4.69) is 15.9 Å². The highest BCUT2D eigenvalue weighted by Gasteiger charge is 2.24. The van der Waals surface area contributed by atoms with Crippen LogP contribution in [0.5, 0.6) is 5.75 Å². The van der Waals surface area contributed by atoms with Crippen LogP contribution >= 0.6 is 15.9 Å². The second kappa shape index (κ2) is 5.61. The molecule has 0 amide bonds. The summed E-state index contributed by atoms with van der Waals surface area (Å²) >= 11 is 3.32. The van der Waals surface area contributed by atoms with Gasteiger partial charge >= 0.3 is 0 Å². The van der Waals surface area contributed by atoms with Gasteiger partial charge in [-0.2, -0.15) is 0 Å². The van der Waals surface area contributed by atoms with Gasteiger partial charge in [0.05, 0.1) is 22.2 Å². The van der Waals surface area contributed by atoms with Crippen LogP contribution in [-0.4, -0.2) is 21.3 Å². The Morgan fingerprint density at radius 3 is 2.56 bits per heavy atom. The molecule has 5 heteroatoms. The van der Waals surface area contributed by atoms with Crippen LogP contribution in [0.25, 0.3) is 0 Å². The zero-order valence-electron chi connectivity index (χ0n) is 10.4. The Morgan fingerprint density at radius 1 is 1.33 bits per heavy atom. The van der Waals surface area contributed by atoms with Crippen molar-refractivity contribution in [2.24, 2.45) is 5.92 Å². The molecule has 100 valence electrons. The molecule has 0 saturated heterocycles. The fourth-order valence-corrected chi connectivity index (χ4v) is 4.84. The van der Waals surface area contributed by atoms with E-state index in [4.69, 9.17) is 4.74 Å². The van der Waals surface area contributed by atoms with E-state index in [9.17, 15) is 8.42 Å². The molecular weight excluding hydrogens is 316 g/mol. The molecule has 1 aromatic carbocycles. The van der Waals surface area contributed by atoms with E-state index in [1.165, 1.54) is 0 Å². The minimum absolute atomic E-state index is 0.270. The van der Waals surface area contributed by atoms with E-state index < -0.39 is 9.84 Å². The first-order chi connectivity index (χ1) is 8.53. The molecule has 3 nitrogen and oxygen atoms in total. The Labute approximate surface area is 117 Å². The Balaban J connectivity index is 2.21. The summed E-state index contributed by atoms with van der Waals surface area (Å²) in [7, 11) is -1.61. The SMILES string of the molecule is COc1ccc(S(=O)(=O)CC2CCCC2)cc1Br. The molecular formula is C13H17BrO3S. The molecule has 0 N–H and O–H groups in total. The average Bonchev–Trinajstić information content (AvgIpc) is 2.81. The average molecular weight is 333 g/mol. The molecule has 0 heterocycles. The van der Waals surface area contributed by atoms with Crippen molar-refractivity contribution in [3.8, 4) is 5.75 Å². The van der Waals surface area contributed by atoms with Crippen molar-refractivity contribution in [2.45, 2.75) is 30.6 Å². The van der Waals surface area contributed by atoms with Gasteiger partial charge in [-0.1, -0.05) is 12.8 Å². The predicted octanol–water partition coefficient (Wildman–Crippen LogP) is 3.42.